The van der Waals surface area contributed by atoms with Crippen LogP contribution in [0.25, 0.3) is 0 Å². The number of guanidine groups is 1. The first-order valence-electron chi connectivity index (χ1n) is 10.9. The predicted octanol–water partition coefficient (Wildman–Crippen LogP) is 3.65. The van der Waals surface area contributed by atoms with Crippen LogP contribution in [0.4, 0.5) is 0 Å². The van der Waals surface area contributed by atoms with Gasteiger partial charge in [0.15, 0.2) is 5.96 Å². The van der Waals surface area contributed by atoms with Crippen molar-refractivity contribution in [1.29, 1.82) is 0 Å². The number of nitrogens with zero attached hydrogens (tertiary/aromatic N) is 4. The normalized spacial score (nSPS) is 16.9. The third kappa shape index (κ3) is 7.99. The van der Waals surface area contributed by atoms with Gasteiger partial charge in [0.25, 0.3) is 0 Å². The fraction of sp³-hybridized carbons (Fsp3) is 0.565. The van der Waals surface area contributed by atoms with Gasteiger partial charge >= 0.3 is 0 Å². The second kappa shape index (κ2) is 12.9. The molecule has 172 valence electrons. The van der Waals surface area contributed by atoms with Gasteiger partial charge in [-0.15, -0.1) is 24.0 Å². The number of hydrogen-bond donors (Lipinski definition) is 1. The fourth-order valence-corrected chi connectivity index (χ4v) is 3.38. The molecule has 2 aromatic rings. The van der Waals surface area contributed by atoms with Crippen LogP contribution in [0, 0.1) is 5.92 Å². The maximum absolute atomic E-state index is 5.97. The van der Waals surface area contributed by atoms with Crippen LogP contribution in [0.5, 0.6) is 5.75 Å². The van der Waals surface area contributed by atoms with E-state index in [0.717, 1.165) is 56.5 Å². The third-order valence-corrected chi connectivity index (χ3v) is 4.97. The van der Waals surface area contributed by atoms with E-state index in [2.05, 4.69) is 48.2 Å². The highest BCUT2D eigenvalue weighted by molar-refractivity contribution is 14.0. The van der Waals surface area contributed by atoms with Gasteiger partial charge in [0, 0.05) is 38.4 Å². The average molecular weight is 541 g/mol. The summed E-state index contributed by atoms with van der Waals surface area (Å²) < 4.78 is 13.5. The molecule has 0 aliphatic carbocycles. The van der Waals surface area contributed by atoms with E-state index >= 15 is 0 Å². The van der Waals surface area contributed by atoms with Gasteiger partial charge in [-0.1, -0.05) is 26.0 Å². The molecule has 1 saturated heterocycles. The molecule has 1 aromatic heterocycles. The Balaban J connectivity index is 0.00000341. The van der Waals surface area contributed by atoms with Crippen LogP contribution in [0.1, 0.15) is 38.0 Å². The average Bonchev–Trinajstić information content (AvgIpc) is 3.19. The topological polar surface area (TPSA) is 63.9 Å². The molecule has 0 saturated carbocycles. The number of aryl methyl sites for hydroxylation is 1. The summed E-state index contributed by atoms with van der Waals surface area (Å²) in [4.78, 5) is 7.16. The van der Waals surface area contributed by atoms with E-state index in [-0.39, 0.29) is 30.1 Å². The van der Waals surface area contributed by atoms with Crippen molar-refractivity contribution in [3.63, 3.8) is 0 Å². The summed E-state index contributed by atoms with van der Waals surface area (Å²) >= 11 is 0. The van der Waals surface area contributed by atoms with E-state index < -0.39 is 0 Å². The first-order chi connectivity index (χ1) is 14.5. The Labute approximate surface area is 203 Å². The molecule has 1 aliphatic heterocycles. The molecule has 2 heterocycles. The second-order valence-corrected chi connectivity index (χ2v) is 8.09. The number of hydrogen-bond acceptors (Lipinski definition) is 4. The van der Waals surface area contributed by atoms with Crippen molar-refractivity contribution < 1.29 is 9.47 Å². The van der Waals surface area contributed by atoms with Gasteiger partial charge in [-0.3, -0.25) is 9.67 Å². The van der Waals surface area contributed by atoms with E-state index in [1.54, 1.807) is 0 Å². The number of nitrogens with one attached hydrogen (secondary N) is 1. The number of ether oxygens (including phenoxy) is 2. The molecule has 1 unspecified atom stereocenters. The lowest BCUT2D eigenvalue weighted by molar-refractivity contribution is -0.00803. The van der Waals surface area contributed by atoms with Crippen LogP contribution in [-0.2, 0) is 18.2 Å². The quantitative estimate of drug-likeness (QED) is 0.314. The molecule has 7 nitrogen and oxygen atoms in total. The largest absolute Gasteiger partial charge is 0.493 e. The van der Waals surface area contributed by atoms with Gasteiger partial charge in [-0.25, -0.2) is 0 Å². The molecule has 1 aromatic carbocycles. The summed E-state index contributed by atoms with van der Waals surface area (Å²) in [6.45, 7) is 11.0. The Morgan fingerprint density at radius 1 is 1.32 bits per heavy atom. The Hall–Kier alpha value is -1.81. The summed E-state index contributed by atoms with van der Waals surface area (Å²) in [5.41, 5.74) is 2.37. The van der Waals surface area contributed by atoms with Crippen LogP contribution in [0.3, 0.4) is 0 Å². The van der Waals surface area contributed by atoms with Crippen LogP contribution in [0.2, 0.25) is 0 Å². The maximum Gasteiger partial charge on any atom is 0.194 e. The molecule has 1 N–H and O–H groups in total. The molecule has 0 radical (unpaired) electrons. The summed E-state index contributed by atoms with van der Waals surface area (Å²) in [5.74, 6) is 2.41. The highest BCUT2D eigenvalue weighted by atomic mass is 127. The molecule has 31 heavy (non-hydrogen) atoms. The molecule has 0 amide bonds. The number of benzene rings is 1. The molecule has 8 heteroatoms. The van der Waals surface area contributed by atoms with Crippen LogP contribution < -0.4 is 10.1 Å². The van der Waals surface area contributed by atoms with Crippen molar-refractivity contribution in [3.8, 4) is 5.75 Å². The molecular weight excluding hydrogens is 505 g/mol. The van der Waals surface area contributed by atoms with Gasteiger partial charge in [-0.2, -0.15) is 5.10 Å². The smallest absolute Gasteiger partial charge is 0.194 e. The summed E-state index contributed by atoms with van der Waals surface area (Å²) in [6.07, 6.45) is 4.82. The van der Waals surface area contributed by atoms with E-state index in [9.17, 15) is 0 Å². The van der Waals surface area contributed by atoms with Crippen LogP contribution in [0.15, 0.2) is 41.7 Å². The second-order valence-electron chi connectivity index (χ2n) is 8.09. The minimum atomic E-state index is 0. The first-order valence-corrected chi connectivity index (χ1v) is 10.9. The van der Waals surface area contributed by atoms with Gasteiger partial charge in [0.2, 0.25) is 0 Å². The van der Waals surface area contributed by atoms with Gasteiger partial charge in [-0.05, 0) is 37.0 Å². The molecule has 0 spiro atoms. The first kappa shape index (κ1) is 25.5. The number of morpholine rings is 1. The molecule has 1 aliphatic rings. The predicted molar refractivity (Wildman–Crippen MR) is 135 cm³/mol. The zero-order valence-electron chi connectivity index (χ0n) is 19.1. The minimum absolute atomic E-state index is 0. The van der Waals surface area contributed by atoms with E-state index in [0.29, 0.717) is 12.5 Å². The Morgan fingerprint density at radius 2 is 2.10 bits per heavy atom. The molecular formula is C23H36IN5O2. The molecule has 1 fully saturated rings. The number of aliphatic imine (C=N–C) groups is 1. The molecule has 0 bridgehead atoms. The molecule has 1 atom stereocenters. The lowest BCUT2D eigenvalue weighted by Crippen LogP contribution is -2.48. The van der Waals surface area contributed by atoms with Crippen molar-refractivity contribution in [2.75, 3.05) is 39.4 Å². The van der Waals surface area contributed by atoms with Crippen molar-refractivity contribution in [3.05, 3.63) is 47.8 Å². The number of aromatic nitrogens is 2. The van der Waals surface area contributed by atoms with Gasteiger partial charge in [0.1, 0.15) is 11.9 Å². The Bertz CT molecular complexity index is 807. The fourth-order valence-electron chi connectivity index (χ4n) is 3.38. The Kier molecular flexibility index (Phi) is 10.6. The maximum atomic E-state index is 5.97. The molecule has 3 rings (SSSR count). The van der Waals surface area contributed by atoms with Gasteiger partial charge in [0.05, 0.1) is 26.0 Å². The number of halogens is 1. The Morgan fingerprint density at radius 3 is 2.74 bits per heavy atom. The third-order valence-electron chi connectivity index (χ3n) is 4.97. The van der Waals surface area contributed by atoms with Crippen molar-refractivity contribution in [2.24, 2.45) is 18.0 Å². The highest BCUT2D eigenvalue weighted by Crippen LogP contribution is 2.21. The summed E-state index contributed by atoms with van der Waals surface area (Å²) in [6, 6.07) is 8.36. The zero-order chi connectivity index (χ0) is 21.3. The van der Waals surface area contributed by atoms with Gasteiger partial charge < -0.3 is 19.7 Å². The van der Waals surface area contributed by atoms with E-state index in [1.165, 1.54) is 5.56 Å². The van der Waals surface area contributed by atoms with Crippen LogP contribution >= 0.6 is 24.0 Å². The van der Waals surface area contributed by atoms with E-state index in [4.69, 9.17) is 14.5 Å². The SMILES string of the molecule is CCNC(=NCCc1ccc(OCC(C)C)cc1)N1CCOC(c2cnn(C)c2)C1.I. The standard InChI is InChI=1S/C23H35N5O2.HI/c1-5-24-23(28-12-13-29-22(16-28)20-14-26-27(4)15-20)25-11-10-19-6-8-21(9-7-19)30-17-18(2)3;/h6-9,14-15,18,22H,5,10-13,16-17H2,1-4H3,(H,24,25);1H. The monoisotopic (exact) mass is 541 g/mol. The summed E-state index contributed by atoms with van der Waals surface area (Å²) in [7, 11) is 1.93. The lowest BCUT2D eigenvalue weighted by atomic mass is 10.1. The van der Waals surface area contributed by atoms with Crippen molar-refractivity contribution >= 4 is 29.9 Å². The highest BCUT2D eigenvalue weighted by Gasteiger charge is 2.25. The van der Waals surface area contributed by atoms with Crippen molar-refractivity contribution in [1.82, 2.24) is 20.0 Å². The lowest BCUT2D eigenvalue weighted by Gasteiger charge is -2.34. The minimum Gasteiger partial charge on any atom is -0.493 e. The number of rotatable bonds is 8. The van der Waals surface area contributed by atoms with Crippen molar-refractivity contribution in [2.45, 2.75) is 33.3 Å². The van der Waals surface area contributed by atoms with E-state index in [1.807, 2.05) is 36.3 Å². The van der Waals surface area contributed by atoms with Crippen LogP contribution in [-0.4, -0.2) is 60.0 Å². The summed E-state index contributed by atoms with van der Waals surface area (Å²) in [5, 5.41) is 7.70. The zero-order valence-corrected chi connectivity index (χ0v) is 21.4.